The zero-order valence-electron chi connectivity index (χ0n) is 21.9. The number of nitrogens with one attached hydrogen (secondary N) is 2. The standard InChI is InChI=1S/C29H28ClN5O3S/c1-16-13-21(17(2)34(16)24-14-19(30)8-10-25(24)37)28-27(22-7-5-6-12-31-22)33-29(39)35(28)20-9-11-26(38-4)23(15-20)32-18(3)36/h5-15,27-28,37H,1-4H3,(H,32,36)(H,33,39)/t27-,28-/m1/s1. The minimum absolute atomic E-state index is 0.126. The topological polar surface area (TPSA) is 91.7 Å². The molecule has 8 nitrogen and oxygen atoms in total. The van der Waals surface area contributed by atoms with Crippen LogP contribution in [0.4, 0.5) is 11.4 Å². The number of aromatic nitrogens is 2. The summed E-state index contributed by atoms with van der Waals surface area (Å²) < 4.78 is 7.46. The number of ether oxygens (including phenoxy) is 1. The van der Waals surface area contributed by atoms with Gasteiger partial charge in [-0.15, -0.1) is 0 Å². The van der Waals surface area contributed by atoms with Crippen LogP contribution in [0.1, 0.15) is 41.7 Å². The molecule has 1 fully saturated rings. The van der Waals surface area contributed by atoms with Crippen LogP contribution in [0, 0.1) is 13.8 Å². The Morgan fingerprint density at radius 3 is 2.64 bits per heavy atom. The zero-order valence-corrected chi connectivity index (χ0v) is 23.5. The number of phenols is 1. The van der Waals surface area contributed by atoms with Crippen molar-refractivity contribution in [2.45, 2.75) is 32.9 Å². The second-order valence-corrected chi connectivity index (χ2v) is 10.2. The fourth-order valence-electron chi connectivity index (χ4n) is 5.22. The Labute approximate surface area is 237 Å². The van der Waals surface area contributed by atoms with E-state index in [0.29, 0.717) is 27.3 Å². The van der Waals surface area contributed by atoms with E-state index in [2.05, 4.69) is 21.7 Å². The maximum Gasteiger partial charge on any atom is 0.221 e. The number of phenolic OH excluding ortho intramolecular Hbond substituents is 1. The summed E-state index contributed by atoms with van der Waals surface area (Å²) in [6, 6.07) is 17.9. The lowest BCUT2D eigenvalue weighted by molar-refractivity contribution is -0.114. The van der Waals surface area contributed by atoms with Gasteiger partial charge in [0.15, 0.2) is 5.11 Å². The van der Waals surface area contributed by atoms with Crippen LogP contribution in [0.2, 0.25) is 5.02 Å². The maximum absolute atomic E-state index is 11.9. The highest BCUT2D eigenvalue weighted by atomic mass is 35.5. The molecule has 1 amide bonds. The summed E-state index contributed by atoms with van der Waals surface area (Å²) in [5, 5.41) is 18.0. The van der Waals surface area contributed by atoms with Gasteiger partial charge in [0.25, 0.3) is 0 Å². The number of benzene rings is 2. The van der Waals surface area contributed by atoms with Crippen LogP contribution in [0.3, 0.4) is 0 Å². The number of nitrogens with zero attached hydrogens (tertiary/aromatic N) is 3. The Balaban J connectivity index is 1.70. The van der Waals surface area contributed by atoms with Crippen LogP contribution in [0.25, 0.3) is 5.69 Å². The minimum Gasteiger partial charge on any atom is -0.506 e. The molecule has 0 unspecified atom stereocenters. The van der Waals surface area contributed by atoms with Gasteiger partial charge < -0.3 is 29.9 Å². The van der Waals surface area contributed by atoms with Crippen LogP contribution >= 0.6 is 23.8 Å². The van der Waals surface area contributed by atoms with Crippen molar-refractivity contribution in [1.29, 1.82) is 0 Å². The molecule has 2 atom stereocenters. The second-order valence-electron chi connectivity index (χ2n) is 9.36. The number of rotatable bonds is 6. The van der Waals surface area contributed by atoms with Gasteiger partial charge in [-0.3, -0.25) is 9.78 Å². The highest BCUT2D eigenvalue weighted by Crippen LogP contribution is 2.45. The van der Waals surface area contributed by atoms with Crippen LogP contribution in [0.5, 0.6) is 11.5 Å². The van der Waals surface area contributed by atoms with E-state index in [1.54, 1.807) is 31.5 Å². The maximum atomic E-state index is 11.9. The van der Waals surface area contributed by atoms with E-state index < -0.39 is 0 Å². The van der Waals surface area contributed by atoms with E-state index in [0.717, 1.165) is 28.3 Å². The number of anilines is 2. The minimum atomic E-state index is -0.299. The van der Waals surface area contributed by atoms with Gasteiger partial charge in [-0.25, -0.2) is 0 Å². The number of carbonyl (C=O) groups excluding carboxylic acids is 1. The van der Waals surface area contributed by atoms with E-state index in [1.807, 2.05) is 59.7 Å². The Morgan fingerprint density at radius 2 is 1.95 bits per heavy atom. The van der Waals surface area contributed by atoms with E-state index >= 15 is 0 Å². The molecule has 0 saturated carbocycles. The molecule has 2 aromatic heterocycles. The summed E-state index contributed by atoms with van der Waals surface area (Å²) in [4.78, 5) is 18.6. The summed E-state index contributed by atoms with van der Waals surface area (Å²) in [7, 11) is 1.56. The average molecular weight is 562 g/mol. The number of pyridine rings is 1. The van der Waals surface area contributed by atoms with Gasteiger partial charge >= 0.3 is 0 Å². The summed E-state index contributed by atoms with van der Waals surface area (Å²) in [5.41, 5.74) is 5.57. The third-order valence-electron chi connectivity index (χ3n) is 6.84. The Hall–Kier alpha value is -4.08. The largest absolute Gasteiger partial charge is 0.506 e. The van der Waals surface area contributed by atoms with E-state index in [-0.39, 0.29) is 23.7 Å². The highest BCUT2D eigenvalue weighted by molar-refractivity contribution is 7.80. The lowest BCUT2D eigenvalue weighted by atomic mass is 9.96. The fraction of sp³-hybridized carbons (Fsp3) is 0.207. The number of aromatic hydroxyl groups is 1. The molecule has 200 valence electrons. The average Bonchev–Trinajstić information content (AvgIpc) is 3.40. The smallest absolute Gasteiger partial charge is 0.221 e. The van der Waals surface area contributed by atoms with Gasteiger partial charge in [0.2, 0.25) is 5.91 Å². The number of carbonyl (C=O) groups is 1. The van der Waals surface area contributed by atoms with Crippen molar-refractivity contribution in [3.8, 4) is 17.2 Å². The number of thiocarbonyl (C=S) groups is 1. The molecule has 4 aromatic rings. The SMILES string of the molecule is COc1ccc(N2C(=S)N[C@H](c3ccccn3)[C@H]2c2cc(C)n(-c3cc(Cl)ccc3O)c2C)cc1NC(C)=O. The summed E-state index contributed by atoms with van der Waals surface area (Å²) in [5.74, 6) is 0.459. The molecular weight excluding hydrogens is 534 g/mol. The fourth-order valence-corrected chi connectivity index (χ4v) is 5.73. The van der Waals surface area contributed by atoms with Gasteiger partial charge in [0.05, 0.1) is 36.3 Å². The quantitative estimate of drug-likeness (QED) is 0.249. The van der Waals surface area contributed by atoms with Crippen molar-refractivity contribution >= 4 is 46.2 Å². The third-order valence-corrected chi connectivity index (χ3v) is 7.39. The molecule has 2 aromatic carbocycles. The number of hydrogen-bond donors (Lipinski definition) is 3. The van der Waals surface area contributed by atoms with Gasteiger partial charge in [-0.1, -0.05) is 17.7 Å². The van der Waals surface area contributed by atoms with Gasteiger partial charge in [-0.05, 0) is 86.2 Å². The van der Waals surface area contributed by atoms with Crippen molar-refractivity contribution < 1.29 is 14.6 Å². The second kappa shape index (κ2) is 10.6. The lowest BCUT2D eigenvalue weighted by Gasteiger charge is -2.29. The molecule has 0 aliphatic carbocycles. The summed E-state index contributed by atoms with van der Waals surface area (Å²) in [6.45, 7) is 5.45. The molecule has 3 N–H and O–H groups in total. The molecule has 5 rings (SSSR count). The Kier molecular flexibility index (Phi) is 7.20. The monoisotopic (exact) mass is 561 g/mol. The van der Waals surface area contributed by atoms with Crippen molar-refractivity contribution in [2.75, 3.05) is 17.3 Å². The molecule has 0 radical (unpaired) electrons. The number of hydrogen-bond acceptors (Lipinski definition) is 5. The van der Waals surface area contributed by atoms with Crippen LogP contribution in [-0.2, 0) is 4.79 Å². The number of halogens is 1. The van der Waals surface area contributed by atoms with Crippen LogP contribution < -0.4 is 20.3 Å². The zero-order chi connectivity index (χ0) is 27.8. The van der Waals surface area contributed by atoms with Crippen molar-refractivity contribution in [3.63, 3.8) is 0 Å². The number of amides is 1. The van der Waals surface area contributed by atoms with E-state index in [4.69, 9.17) is 28.6 Å². The molecule has 3 heterocycles. The first-order valence-electron chi connectivity index (χ1n) is 12.3. The first-order chi connectivity index (χ1) is 18.7. The Bertz CT molecular complexity index is 1570. The van der Waals surface area contributed by atoms with Crippen molar-refractivity contribution in [2.24, 2.45) is 0 Å². The molecular formula is C29H28ClN5O3S. The summed E-state index contributed by atoms with van der Waals surface area (Å²) >= 11 is 12.2. The van der Waals surface area contributed by atoms with E-state index in [1.165, 1.54) is 6.92 Å². The molecule has 10 heteroatoms. The van der Waals surface area contributed by atoms with Crippen LogP contribution in [0.15, 0.2) is 66.9 Å². The van der Waals surface area contributed by atoms with Crippen molar-refractivity contribution in [1.82, 2.24) is 14.9 Å². The molecule has 0 bridgehead atoms. The van der Waals surface area contributed by atoms with Crippen LogP contribution in [-0.4, -0.2) is 32.8 Å². The molecule has 1 saturated heterocycles. The van der Waals surface area contributed by atoms with Gasteiger partial charge in [-0.2, -0.15) is 0 Å². The third kappa shape index (κ3) is 4.91. The normalized spacial score (nSPS) is 16.7. The molecule has 39 heavy (non-hydrogen) atoms. The Morgan fingerprint density at radius 1 is 1.15 bits per heavy atom. The molecule has 1 aliphatic rings. The molecule has 0 spiro atoms. The van der Waals surface area contributed by atoms with Crippen molar-refractivity contribution in [3.05, 3.63) is 94.5 Å². The number of methoxy groups -OCH3 is 1. The first-order valence-corrected chi connectivity index (χ1v) is 13.1. The van der Waals surface area contributed by atoms with Gasteiger partial charge in [0.1, 0.15) is 11.5 Å². The highest BCUT2D eigenvalue weighted by Gasteiger charge is 2.42. The summed E-state index contributed by atoms with van der Waals surface area (Å²) in [6.07, 6.45) is 1.76. The first kappa shape index (κ1) is 26.5. The van der Waals surface area contributed by atoms with E-state index in [9.17, 15) is 9.90 Å². The lowest BCUT2D eigenvalue weighted by Crippen LogP contribution is -2.29. The predicted octanol–water partition coefficient (Wildman–Crippen LogP) is 5.99. The predicted molar refractivity (Wildman–Crippen MR) is 157 cm³/mol. The molecule has 1 aliphatic heterocycles. The van der Waals surface area contributed by atoms with Gasteiger partial charge in [0, 0.05) is 35.2 Å². The number of aryl methyl sites for hydroxylation is 1.